The van der Waals surface area contributed by atoms with Crippen molar-refractivity contribution < 1.29 is 4.79 Å². The average Bonchev–Trinajstić information content (AvgIpc) is 2.28. The number of amides is 1. The largest absolute Gasteiger partial charge is 0.333 e. The highest BCUT2D eigenvalue weighted by Gasteiger charge is 2.11. The van der Waals surface area contributed by atoms with Crippen LogP contribution >= 0.6 is 11.6 Å². The molecule has 0 aliphatic carbocycles. The Bertz CT molecular complexity index is 434. The topological polar surface area (TPSA) is 78.7 Å². The maximum Gasteiger partial charge on any atom is 0.255 e. The first-order chi connectivity index (χ1) is 7.63. The summed E-state index contributed by atoms with van der Waals surface area (Å²) in [4.78, 5) is 19.0. The van der Waals surface area contributed by atoms with Crippen LogP contribution in [0.15, 0.2) is 29.8 Å². The zero-order valence-corrected chi connectivity index (χ0v) is 9.27. The first kappa shape index (κ1) is 12.1. The molecule has 1 amide bonds. The van der Waals surface area contributed by atoms with Crippen molar-refractivity contribution >= 4 is 17.5 Å². The molecular weight excluding hydrogens is 228 g/mol. The van der Waals surface area contributed by atoms with Gasteiger partial charge in [-0.1, -0.05) is 11.6 Å². The van der Waals surface area contributed by atoms with Gasteiger partial charge in [0.15, 0.2) is 0 Å². The Hall–Kier alpha value is -1.93. The van der Waals surface area contributed by atoms with E-state index in [0.717, 1.165) is 0 Å². The molecule has 0 saturated carbocycles. The normalized spacial score (nSPS) is 12.7. The van der Waals surface area contributed by atoms with Crippen LogP contribution < -0.4 is 5.32 Å². The average molecular weight is 237 g/mol. The predicted molar refractivity (Wildman–Crippen MR) is 58.5 cm³/mol. The molecule has 1 aromatic heterocycles. The van der Waals surface area contributed by atoms with E-state index in [0.29, 0.717) is 10.6 Å². The van der Waals surface area contributed by atoms with Gasteiger partial charge in [0.05, 0.1) is 11.6 Å². The smallest absolute Gasteiger partial charge is 0.255 e. The lowest BCUT2D eigenvalue weighted by atomic mass is 10.2. The fourth-order valence-electron chi connectivity index (χ4n) is 0.982. The van der Waals surface area contributed by atoms with E-state index >= 15 is 0 Å². The zero-order valence-electron chi connectivity index (χ0n) is 8.51. The van der Waals surface area contributed by atoms with E-state index in [9.17, 15) is 4.79 Å². The van der Waals surface area contributed by atoms with E-state index in [1.54, 1.807) is 6.92 Å². The molecule has 0 saturated heterocycles. The summed E-state index contributed by atoms with van der Waals surface area (Å²) >= 11 is 5.61. The Morgan fingerprint density at radius 1 is 1.62 bits per heavy atom. The van der Waals surface area contributed by atoms with Crippen molar-refractivity contribution in [1.29, 1.82) is 5.26 Å². The van der Waals surface area contributed by atoms with Crippen molar-refractivity contribution in [3.63, 3.8) is 0 Å². The summed E-state index contributed by atoms with van der Waals surface area (Å²) in [6.45, 7) is 1.63. The zero-order chi connectivity index (χ0) is 12.0. The molecule has 82 valence electrons. The van der Waals surface area contributed by atoms with E-state index in [1.807, 2.05) is 6.07 Å². The highest BCUT2D eigenvalue weighted by Crippen LogP contribution is 2.01. The minimum absolute atomic E-state index is 0.295. The second-order valence-corrected chi connectivity index (χ2v) is 3.56. The summed E-state index contributed by atoms with van der Waals surface area (Å²) in [6, 6.07) is 1.14. The molecule has 1 heterocycles. The molecule has 0 unspecified atom stereocenters. The number of hydrogen-bond acceptors (Lipinski definition) is 4. The molecule has 1 aromatic rings. The van der Waals surface area contributed by atoms with E-state index in [2.05, 4.69) is 15.3 Å². The molecule has 0 radical (unpaired) electrons. The van der Waals surface area contributed by atoms with E-state index in [4.69, 9.17) is 16.9 Å². The van der Waals surface area contributed by atoms with Gasteiger partial charge in [-0.05, 0) is 13.0 Å². The Balaban J connectivity index is 2.72. The molecule has 0 bridgehead atoms. The lowest BCUT2D eigenvalue weighted by molar-refractivity contribution is 0.0950. The van der Waals surface area contributed by atoms with Gasteiger partial charge in [0, 0.05) is 17.4 Å². The summed E-state index contributed by atoms with van der Waals surface area (Å²) in [5.41, 5.74) is 0.295. The number of nitriles is 1. The molecule has 0 aromatic carbocycles. The van der Waals surface area contributed by atoms with Gasteiger partial charge in [0.1, 0.15) is 12.4 Å². The third-order valence-electron chi connectivity index (χ3n) is 1.64. The Kier molecular flexibility index (Phi) is 4.42. The highest BCUT2D eigenvalue weighted by atomic mass is 35.5. The number of halogens is 1. The molecule has 5 nitrogen and oxygen atoms in total. The van der Waals surface area contributed by atoms with Crippen molar-refractivity contribution in [3.8, 4) is 6.07 Å². The molecule has 1 atom stereocenters. The number of carbonyl (C=O) groups is 1. The summed E-state index contributed by atoms with van der Waals surface area (Å²) in [5.74, 6) is -0.415. The fourth-order valence-corrected chi connectivity index (χ4v) is 1.11. The standard InChI is InChI=1S/C10H9ClN4O/c1-7(11)2-9(3-12)15-10(16)8-4-13-6-14-5-8/h2,4-6,9H,1H3,(H,15,16)/b7-2-/t9-/m1/s1. The van der Waals surface area contributed by atoms with Crippen LogP contribution in [-0.4, -0.2) is 21.9 Å². The van der Waals surface area contributed by atoms with Crippen LogP contribution in [0.1, 0.15) is 17.3 Å². The monoisotopic (exact) mass is 236 g/mol. The Morgan fingerprint density at radius 2 is 2.25 bits per heavy atom. The summed E-state index contributed by atoms with van der Waals surface area (Å²) in [5, 5.41) is 11.7. The van der Waals surface area contributed by atoms with Crippen molar-refractivity contribution in [2.24, 2.45) is 0 Å². The van der Waals surface area contributed by atoms with Crippen LogP contribution in [0.4, 0.5) is 0 Å². The van der Waals surface area contributed by atoms with Crippen LogP contribution in [-0.2, 0) is 0 Å². The molecule has 6 heteroatoms. The molecule has 16 heavy (non-hydrogen) atoms. The molecule has 0 spiro atoms. The maximum atomic E-state index is 11.6. The van der Waals surface area contributed by atoms with E-state index in [1.165, 1.54) is 24.8 Å². The molecular formula is C10H9ClN4O. The van der Waals surface area contributed by atoms with Crippen molar-refractivity contribution in [2.45, 2.75) is 13.0 Å². The minimum Gasteiger partial charge on any atom is -0.333 e. The summed E-state index contributed by atoms with van der Waals surface area (Å²) in [7, 11) is 0. The molecule has 0 aliphatic rings. The number of nitrogens with zero attached hydrogens (tertiary/aromatic N) is 3. The third kappa shape index (κ3) is 3.67. The van der Waals surface area contributed by atoms with Crippen molar-refractivity contribution in [2.75, 3.05) is 0 Å². The first-order valence-corrected chi connectivity index (χ1v) is 4.80. The van der Waals surface area contributed by atoms with Crippen LogP contribution in [0.3, 0.4) is 0 Å². The lowest BCUT2D eigenvalue weighted by Crippen LogP contribution is -2.32. The minimum atomic E-state index is -0.759. The van der Waals surface area contributed by atoms with Gasteiger partial charge in [0.25, 0.3) is 5.91 Å². The number of aromatic nitrogens is 2. The number of carbonyl (C=O) groups excluding carboxylic acids is 1. The second-order valence-electron chi connectivity index (χ2n) is 2.96. The van der Waals surface area contributed by atoms with Gasteiger partial charge < -0.3 is 5.32 Å². The quantitative estimate of drug-likeness (QED) is 0.857. The van der Waals surface area contributed by atoms with Gasteiger partial charge in [-0.15, -0.1) is 0 Å². The van der Waals surface area contributed by atoms with E-state index in [-0.39, 0.29) is 0 Å². The van der Waals surface area contributed by atoms with Crippen molar-refractivity contribution in [1.82, 2.24) is 15.3 Å². The molecule has 0 fully saturated rings. The SMILES string of the molecule is C/C(Cl)=C/[C@H](C#N)NC(=O)c1cncnc1. The maximum absolute atomic E-state index is 11.6. The fraction of sp³-hybridized carbons (Fsp3) is 0.200. The molecule has 0 aliphatic heterocycles. The predicted octanol–water partition coefficient (Wildman–Crippen LogP) is 1.24. The second kappa shape index (κ2) is 5.83. The van der Waals surface area contributed by atoms with Crippen LogP contribution in [0.5, 0.6) is 0 Å². The number of nitrogens with one attached hydrogen (secondary N) is 1. The number of hydrogen-bond donors (Lipinski definition) is 1. The van der Waals surface area contributed by atoms with Crippen molar-refractivity contribution in [3.05, 3.63) is 35.4 Å². The van der Waals surface area contributed by atoms with Gasteiger partial charge in [-0.3, -0.25) is 4.79 Å². The molecule has 1 rings (SSSR count). The third-order valence-corrected chi connectivity index (χ3v) is 1.77. The number of rotatable bonds is 3. The summed E-state index contributed by atoms with van der Waals surface area (Å²) < 4.78 is 0. The van der Waals surface area contributed by atoms with E-state index < -0.39 is 11.9 Å². The van der Waals surface area contributed by atoms with Gasteiger partial charge in [0.2, 0.25) is 0 Å². The van der Waals surface area contributed by atoms with Crippen LogP contribution in [0, 0.1) is 11.3 Å². The van der Waals surface area contributed by atoms with Crippen LogP contribution in [0.25, 0.3) is 0 Å². The highest BCUT2D eigenvalue weighted by molar-refractivity contribution is 6.29. The lowest BCUT2D eigenvalue weighted by Gasteiger charge is -2.06. The summed E-state index contributed by atoms with van der Waals surface area (Å²) in [6.07, 6.45) is 5.51. The Morgan fingerprint density at radius 3 is 2.75 bits per heavy atom. The van der Waals surface area contributed by atoms with Gasteiger partial charge >= 0.3 is 0 Å². The first-order valence-electron chi connectivity index (χ1n) is 4.43. The molecule has 1 N–H and O–H groups in total. The Labute approximate surface area is 97.8 Å². The van der Waals surface area contributed by atoms with Crippen LogP contribution in [0.2, 0.25) is 0 Å². The van der Waals surface area contributed by atoms with Gasteiger partial charge in [-0.2, -0.15) is 5.26 Å². The van der Waals surface area contributed by atoms with Gasteiger partial charge in [-0.25, -0.2) is 9.97 Å². The number of allylic oxidation sites excluding steroid dienone is 1.